The van der Waals surface area contributed by atoms with Gasteiger partial charge in [0, 0.05) is 51.0 Å². The summed E-state index contributed by atoms with van der Waals surface area (Å²) in [5, 5.41) is 5.09. The lowest BCUT2D eigenvalue weighted by molar-refractivity contribution is 0.0875. The summed E-state index contributed by atoms with van der Waals surface area (Å²) in [5.74, 6) is 1.30. The number of nitrogens with zero attached hydrogens (tertiary/aromatic N) is 4. The molecule has 0 amide bonds. The third-order valence-corrected chi connectivity index (χ3v) is 10.9. The Morgan fingerprint density at radius 1 is 0.854 bits per heavy atom. The molecular formula is C39H48N4O4Si. The molecule has 1 aliphatic heterocycles. The number of fused-ring (bicyclic) bond motifs is 1. The molecule has 0 spiro atoms. The van der Waals surface area contributed by atoms with Crippen LogP contribution in [0, 0.1) is 6.92 Å². The van der Waals surface area contributed by atoms with Crippen molar-refractivity contribution in [3.8, 4) is 22.8 Å². The molecule has 0 N–H and O–H groups in total. The van der Waals surface area contributed by atoms with Crippen LogP contribution in [0.1, 0.15) is 41.6 Å². The molecule has 9 heteroatoms. The van der Waals surface area contributed by atoms with Crippen molar-refractivity contribution >= 4 is 19.4 Å². The molecule has 48 heavy (non-hydrogen) atoms. The number of anilines is 1. The summed E-state index contributed by atoms with van der Waals surface area (Å²) in [4.78, 5) is 17.0. The van der Waals surface area contributed by atoms with Crippen LogP contribution in [0.2, 0.25) is 25.7 Å². The predicted molar refractivity (Wildman–Crippen MR) is 196 cm³/mol. The molecule has 3 aromatic carbocycles. The lowest BCUT2D eigenvalue weighted by Gasteiger charge is -2.30. The molecule has 1 fully saturated rings. The molecule has 3 heterocycles. The Kier molecular flexibility index (Phi) is 10.4. The van der Waals surface area contributed by atoms with Gasteiger partial charge in [-0.25, -0.2) is 0 Å². The minimum absolute atomic E-state index is 0.108. The van der Waals surface area contributed by atoms with E-state index in [1.54, 1.807) is 11.6 Å². The topological polar surface area (TPSA) is 70.2 Å². The summed E-state index contributed by atoms with van der Waals surface area (Å²) in [5.41, 5.74) is 7.15. The van der Waals surface area contributed by atoms with Crippen molar-refractivity contribution in [2.75, 3.05) is 31.7 Å². The van der Waals surface area contributed by atoms with Crippen LogP contribution in [-0.2, 0) is 24.5 Å². The van der Waals surface area contributed by atoms with E-state index >= 15 is 0 Å². The number of methoxy groups -OCH3 is 1. The van der Waals surface area contributed by atoms with Crippen LogP contribution in [0.15, 0.2) is 83.7 Å². The lowest BCUT2D eigenvalue weighted by Crippen LogP contribution is -2.32. The standard InChI is InChI=1S/C39H48N4O4Si/c1-29-33(25-31-19-20-34(45-2)35(26-31)47-27-30-15-9-6-10-16-30)39(44)43-38(42(29)28-46-23-24-48(3,4)5)37(41-21-13-8-14-22-41)36(40-43)32-17-11-7-12-18-32/h6-7,9-12,15-20,26H,8,13-14,21-25,27-28H2,1-5H3. The van der Waals surface area contributed by atoms with Crippen molar-refractivity contribution in [2.45, 2.75) is 71.6 Å². The van der Waals surface area contributed by atoms with Crippen molar-refractivity contribution in [3.05, 3.63) is 112 Å². The van der Waals surface area contributed by atoms with Crippen molar-refractivity contribution in [1.29, 1.82) is 0 Å². The third-order valence-electron chi connectivity index (χ3n) is 9.17. The Morgan fingerprint density at radius 3 is 2.25 bits per heavy atom. The van der Waals surface area contributed by atoms with Gasteiger partial charge < -0.3 is 23.7 Å². The van der Waals surface area contributed by atoms with Crippen LogP contribution < -0.4 is 19.9 Å². The van der Waals surface area contributed by atoms with E-state index in [-0.39, 0.29) is 5.56 Å². The molecule has 5 aromatic rings. The van der Waals surface area contributed by atoms with Gasteiger partial charge in [-0.3, -0.25) is 4.79 Å². The first-order valence-electron chi connectivity index (χ1n) is 17.1. The average Bonchev–Trinajstić information content (AvgIpc) is 3.50. The zero-order valence-electron chi connectivity index (χ0n) is 29.0. The van der Waals surface area contributed by atoms with Gasteiger partial charge in [-0.15, -0.1) is 0 Å². The van der Waals surface area contributed by atoms with Crippen LogP contribution in [0.25, 0.3) is 16.9 Å². The monoisotopic (exact) mass is 664 g/mol. The molecule has 0 atom stereocenters. The van der Waals surface area contributed by atoms with Crippen LogP contribution >= 0.6 is 0 Å². The highest BCUT2D eigenvalue weighted by Gasteiger charge is 2.28. The largest absolute Gasteiger partial charge is 0.493 e. The van der Waals surface area contributed by atoms with Gasteiger partial charge in [0.1, 0.15) is 24.7 Å². The fourth-order valence-corrected chi connectivity index (χ4v) is 7.12. The van der Waals surface area contributed by atoms with Crippen LogP contribution in [-0.4, -0.2) is 49.1 Å². The summed E-state index contributed by atoms with van der Waals surface area (Å²) >= 11 is 0. The number of piperidine rings is 1. The zero-order valence-corrected chi connectivity index (χ0v) is 30.0. The number of rotatable bonds is 13. The lowest BCUT2D eigenvalue weighted by atomic mass is 10.0. The zero-order chi connectivity index (χ0) is 33.7. The molecule has 0 radical (unpaired) electrons. The van der Waals surface area contributed by atoms with Gasteiger partial charge in [-0.2, -0.15) is 9.61 Å². The highest BCUT2D eigenvalue weighted by Crippen LogP contribution is 2.37. The fourth-order valence-electron chi connectivity index (χ4n) is 6.37. The van der Waals surface area contributed by atoms with E-state index in [1.807, 2.05) is 73.7 Å². The van der Waals surface area contributed by atoms with E-state index in [0.717, 1.165) is 71.4 Å². The minimum Gasteiger partial charge on any atom is -0.493 e. The molecule has 0 bridgehead atoms. The molecule has 252 valence electrons. The second-order valence-corrected chi connectivity index (χ2v) is 19.5. The number of benzene rings is 3. The summed E-state index contributed by atoms with van der Waals surface area (Å²) in [7, 11) is 0.359. The molecule has 0 aliphatic carbocycles. The molecule has 2 aromatic heterocycles. The van der Waals surface area contributed by atoms with Crippen molar-refractivity contribution in [1.82, 2.24) is 14.2 Å². The quantitative estimate of drug-likeness (QED) is 0.0940. The average molecular weight is 665 g/mol. The maximum absolute atomic E-state index is 14.5. The Bertz CT molecular complexity index is 1890. The van der Waals surface area contributed by atoms with Gasteiger partial charge in [0.05, 0.1) is 7.11 Å². The second kappa shape index (κ2) is 14.8. The van der Waals surface area contributed by atoms with E-state index < -0.39 is 8.07 Å². The summed E-state index contributed by atoms with van der Waals surface area (Å²) < 4.78 is 22.1. The Labute approximate surface area is 284 Å². The fraction of sp³-hybridized carbons (Fsp3) is 0.385. The molecule has 0 saturated carbocycles. The Hall–Kier alpha value is -4.34. The number of hydrogen-bond donors (Lipinski definition) is 0. The van der Waals surface area contributed by atoms with Gasteiger partial charge in [0.15, 0.2) is 17.1 Å². The van der Waals surface area contributed by atoms with Crippen molar-refractivity contribution in [2.24, 2.45) is 0 Å². The second-order valence-electron chi connectivity index (χ2n) is 13.9. The van der Waals surface area contributed by atoms with E-state index in [4.69, 9.17) is 19.3 Å². The van der Waals surface area contributed by atoms with Crippen LogP contribution in [0.5, 0.6) is 11.5 Å². The number of aromatic nitrogens is 3. The Balaban J connectivity index is 1.45. The summed E-state index contributed by atoms with van der Waals surface area (Å²) in [6.45, 7) is 12.5. The van der Waals surface area contributed by atoms with Gasteiger partial charge in [-0.05, 0) is 55.5 Å². The van der Waals surface area contributed by atoms with Gasteiger partial charge in [0.25, 0.3) is 5.56 Å². The molecule has 8 nitrogen and oxygen atoms in total. The van der Waals surface area contributed by atoms with Crippen molar-refractivity contribution < 1.29 is 14.2 Å². The number of hydrogen-bond acceptors (Lipinski definition) is 6. The first-order valence-corrected chi connectivity index (χ1v) is 20.8. The number of ether oxygens (including phenoxy) is 3. The van der Waals surface area contributed by atoms with Gasteiger partial charge in [-0.1, -0.05) is 86.4 Å². The van der Waals surface area contributed by atoms with Crippen molar-refractivity contribution in [3.63, 3.8) is 0 Å². The maximum atomic E-state index is 14.5. The summed E-state index contributed by atoms with van der Waals surface area (Å²) in [6, 6.07) is 27.3. The molecule has 0 unspecified atom stereocenters. The highest BCUT2D eigenvalue weighted by molar-refractivity contribution is 6.76. The molecular weight excluding hydrogens is 617 g/mol. The smallest absolute Gasteiger partial charge is 0.278 e. The first kappa shape index (κ1) is 33.6. The highest BCUT2D eigenvalue weighted by atomic mass is 28.3. The Morgan fingerprint density at radius 2 is 1.56 bits per heavy atom. The maximum Gasteiger partial charge on any atom is 0.278 e. The van der Waals surface area contributed by atoms with E-state index in [9.17, 15) is 4.79 Å². The third kappa shape index (κ3) is 7.53. The summed E-state index contributed by atoms with van der Waals surface area (Å²) in [6.07, 6.45) is 3.86. The molecule has 1 saturated heterocycles. The van der Waals surface area contributed by atoms with E-state index in [0.29, 0.717) is 43.4 Å². The molecule has 1 aliphatic rings. The van der Waals surface area contributed by atoms with E-state index in [1.165, 1.54) is 6.42 Å². The van der Waals surface area contributed by atoms with Gasteiger partial charge >= 0.3 is 0 Å². The normalized spacial score (nSPS) is 13.6. The van der Waals surface area contributed by atoms with Crippen LogP contribution in [0.3, 0.4) is 0 Å². The SMILES string of the molecule is COc1ccc(Cc2c(C)n(COCC[Si](C)(C)C)c3c(N4CCCCC4)c(-c4ccccc4)nn3c2=O)cc1OCc1ccccc1. The molecule has 6 rings (SSSR count). The predicted octanol–water partition coefficient (Wildman–Crippen LogP) is 7.95. The van der Waals surface area contributed by atoms with Gasteiger partial charge in [0.2, 0.25) is 0 Å². The van der Waals surface area contributed by atoms with E-state index in [2.05, 4.69) is 41.2 Å². The van der Waals surface area contributed by atoms with Crippen LogP contribution in [0.4, 0.5) is 5.69 Å². The minimum atomic E-state index is -1.29. The first-order chi connectivity index (χ1) is 23.2.